The molecule has 0 radical (unpaired) electrons. The summed E-state index contributed by atoms with van der Waals surface area (Å²) in [4.78, 5) is 22.0. The van der Waals surface area contributed by atoms with Gasteiger partial charge in [-0.25, -0.2) is 4.98 Å². The molecule has 1 aromatic rings. The quantitative estimate of drug-likeness (QED) is 0.784. The van der Waals surface area contributed by atoms with E-state index < -0.39 is 0 Å². The van der Waals surface area contributed by atoms with E-state index in [1.165, 1.54) is 77.5 Å². The Kier molecular flexibility index (Phi) is 5.75. The molecule has 2 aliphatic heterocycles. The zero-order chi connectivity index (χ0) is 17.9. The fraction of sp³-hybridized carbons (Fsp3) is 0.810. The molecule has 2 saturated heterocycles. The van der Waals surface area contributed by atoms with Crippen molar-refractivity contribution in [2.24, 2.45) is 5.92 Å². The number of likely N-dealkylation sites (tertiary alicyclic amines) is 2. The Morgan fingerprint density at radius 3 is 2.58 bits per heavy atom. The smallest absolute Gasteiger partial charge is 0.253 e. The maximum Gasteiger partial charge on any atom is 0.253 e. The molecule has 0 bridgehead atoms. The topological polar surface area (TPSA) is 41.4 Å². The summed E-state index contributed by atoms with van der Waals surface area (Å²) in [6.07, 6.45) is 12.1. The first kappa shape index (κ1) is 18.2. The second kappa shape index (κ2) is 8.22. The molecule has 5 nitrogen and oxygen atoms in total. The Morgan fingerprint density at radius 1 is 1.08 bits per heavy atom. The molecule has 1 aliphatic carbocycles. The number of aromatic nitrogens is 2. The molecule has 0 amide bonds. The second-order valence-electron chi connectivity index (χ2n) is 8.78. The SMILES string of the molecule is CN1CCCCC1CCN1CCC(Cn2cnc(C3CC3)cc2=O)CC1. The van der Waals surface area contributed by atoms with Crippen molar-refractivity contribution in [1.29, 1.82) is 0 Å². The van der Waals surface area contributed by atoms with E-state index in [1.807, 2.05) is 4.57 Å². The van der Waals surface area contributed by atoms with Crippen LogP contribution in [0.4, 0.5) is 0 Å². The van der Waals surface area contributed by atoms with Gasteiger partial charge in [-0.3, -0.25) is 9.36 Å². The molecular weight excluding hydrogens is 324 g/mol. The van der Waals surface area contributed by atoms with E-state index in [9.17, 15) is 4.79 Å². The zero-order valence-electron chi connectivity index (χ0n) is 16.3. The largest absolute Gasteiger partial charge is 0.303 e. The van der Waals surface area contributed by atoms with Crippen molar-refractivity contribution < 1.29 is 0 Å². The molecule has 3 heterocycles. The maximum absolute atomic E-state index is 12.3. The predicted molar refractivity (Wildman–Crippen MR) is 105 cm³/mol. The molecule has 26 heavy (non-hydrogen) atoms. The molecule has 3 aliphatic rings. The van der Waals surface area contributed by atoms with E-state index in [0.717, 1.165) is 18.3 Å². The molecule has 0 spiro atoms. The lowest BCUT2D eigenvalue weighted by molar-refractivity contribution is 0.130. The standard InChI is InChI=1S/C21H34N4O/c1-23-10-3-2-4-19(23)9-13-24-11-7-17(8-12-24)15-25-16-22-20(14-21(25)26)18-5-6-18/h14,16-19H,2-13,15H2,1H3. The van der Waals surface area contributed by atoms with Gasteiger partial charge in [0.25, 0.3) is 5.56 Å². The molecule has 1 saturated carbocycles. The first-order valence-electron chi connectivity index (χ1n) is 10.7. The molecule has 0 N–H and O–H groups in total. The second-order valence-corrected chi connectivity index (χ2v) is 8.78. The van der Waals surface area contributed by atoms with Crippen molar-refractivity contribution in [3.8, 4) is 0 Å². The van der Waals surface area contributed by atoms with Crippen molar-refractivity contribution >= 4 is 0 Å². The van der Waals surface area contributed by atoms with Gasteiger partial charge in [-0.2, -0.15) is 0 Å². The Hall–Kier alpha value is -1.20. The third-order valence-electron chi connectivity index (χ3n) is 6.76. The molecule has 1 aromatic heterocycles. The van der Waals surface area contributed by atoms with E-state index in [0.29, 0.717) is 11.8 Å². The van der Waals surface area contributed by atoms with Crippen LogP contribution < -0.4 is 5.56 Å². The summed E-state index contributed by atoms with van der Waals surface area (Å²) < 4.78 is 1.84. The molecule has 1 atom stereocenters. The highest BCUT2D eigenvalue weighted by atomic mass is 16.1. The van der Waals surface area contributed by atoms with Gasteiger partial charge in [-0.1, -0.05) is 6.42 Å². The van der Waals surface area contributed by atoms with Gasteiger partial charge < -0.3 is 9.80 Å². The summed E-state index contributed by atoms with van der Waals surface area (Å²) in [5.74, 6) is 1.18. The van der Waals surface area contributed by atoms with Crippen LogP contribution in [0.25, 0.3) is 0 Å². The fourth-order valence-electron chi connectivity index (χ4n) is 4.69. The minimum Gasteiger partial charge on any atom is -0.303 e. The van der Waals surface area contributed by atoms with Gasteiger partial charge in [-0.15, -0.1) is 0 Å². The molecule has 1 unspecified atom stereocenters. The van der Waals surface area contributed by atoms with Crippen LogP contribution in [-0.2, 0) is 6.54 Å². The third kappa shape index (κ3) is 4.55. The van der Waals surface area contributed by atoms with Crippen LogP contribution in [0.3, 0.4) is 0 Å². The lowest BCUT2D eigenvalue weighted by Crippen LogP contribution is -2.41. The van der Waals surface area contributed by atoms with Gasteiger partial charge in [0.15, 0.2) is 0 Å². The van der Waals surface area contributed by atoms with E-state index in [-0.39, 0.29) is 5.56 Å². The first-order chi connectivity index (χ1) is 12.7. The predicted octanol–water partition coefficient (Wildman–Crippen LogP) is 2.71. The summed E-state index contributed by atoms with van der Waals surface area (Å²) in [5, 5.41) is 0. The van der Waals surface area contributed by atoms with Gasteiger partial charge >= 0.3 is 0 Å². The Morgan fingerprint density at radius 2 is 1.88 bits per heavy atom. The molecule has 0 aromatic carbocycles. The van der Waals surface area contributed by atoms with Crippen LogP contribution in [0.2, 0.25) is 0 Å². The van der Waals surface area contributed by atoms with Crippen molar-refractivity contribution in [3.63, 3.8) is 0 Å². The van der Waals surface area contributed by atoms with E-state index >= 15 is 0 Å². The van der Waals surface area contributed by atoms with E-state index in [4.69, 9.17) is 0 Å². The number of hydrogen-bond donors (Lipinski definition) is 0. The minimum absolute atomic E-state index is 0.143. The number of piperidine rings is 2. The van der Waals surface area contributed by atoms with Crippen molar-refractivity contribution in [2.75, 3.05) is 33.2 Å². The van der Waals surface area contributed by atoms with Crippen LogP contribution in [0.1, 0.15) is 63.0 Å². The van der Waals surface area contributed by atoms with Gasteiger partial charge in [-0.05, 0) is 84.1 Å². The average Bonchev–Trinajstić information content (AvgIpc) is 3.49. The molecule has 144 valence electrons. The van der Waals surface area contributed by atoms with Gasteiger partial charge in [0.2, 0.25) is 0 Å². The Bertz CT molecular complexity index is 646. The van der Waals surface area contributed by atoms with Gasteiger partial charge in [0.1, 0.15) is 0 Å². The number of hydrogen-bond acceptors (Lipinski definition) is 4. The molecular formula is C21H34N4O. The monoisotopic (exact) mass is 358 g/mol. The summed E-state index contributed by atoms with van der Waals surface area (Å²) >= 11 is 0. The molecule has 4 rings (SSSR count). The van der Waals surface area contributed by atoms with Crippen molar-refractivity contribution in [1.82, 2.24) is 19.4 Å². The first-order valence-corrected chi connectivity index (χ1v) is 10.7. The van der Waals surface area contributed by atoms with Crippen LogP contribution >= 0.6 is 0 Å². The zero-order valence-corrected chi connectivity index (χ0v) is 16.3. The van der Waals surface area contributed by atoms with E-state index in [1.54, 1.807) is 12.4 Å². The maximum atomic E-state index is 12.3. The van der Waals surface area contributed by atoms with Crippen molar-refractivity contribution in [2.45, 2.75) is 69.9 Å². The molecule has 3 fully saturated rings. The molecule has 5 heteroatoms. The highest BCUT2D eigenvalue weighted by Gasteiger charge is 2.26. The summed E-state index contributed by atoms with van der Waals surface area (Å²) in [7, 11) is 2.29. The summed E-state index contributed by atoms with van der Waals surface area (Å²) in [6.45, 7) is 5.72. The normalized spacial score (nSPS) is 26.3. The van der Waals surface area contributed by atoms with Gasteiger partial charge in [0.05, 0.1) is 12.0 Å². The van der Waals surface area contributed by atoms with E-state index in [2.05, 4.69) is 21.8 Å². The highest BCUT2D eigenvalue weighted by Crippen LogP contribution is 2.38. The van der Waals surface area contributed by atoms with Crippen LogP contribution in [0.5, 0.6) is 0 Å². The minimum atomic E-state index is 0.143. The van der Waals surface area contributed by atoms with Crippen LogP contribution in [0.15, 0.2) is 17.2 Å². The number of rotatable bonds is 6. The highest BCUT2D eigenvalue weighted by molar-refractivity contribution is 5.12. The third-order valence-corrected chi connectivity index (χ3v) is 6.76. The average molecular weight is 359 g/mol. The van der Waals surface area contributed by atoms with Gasteiger partial charge in [0, 0.05) is 24.6 Å². The van der Waals surface area contributed by atoms with Crippen LogP contribution in [0, 0.1) is 5.92 Å². The Balaban J connectivity index is 1.21. The lowest BCUT2D eigenvalue weighted by atomic mass is 9.95. The van der Waals surface area contributed by atoms with Crippen molar-refractivity contribution in [3.05, 3.63) is 28.4 Å². The number of nitrogens with zero attached hydrogens (tertiary/aromatic N) is 4. The summed E-state index contributed by atoms with van der Waals surface area (Å²) in [6, 6.07) is 2.56. The Labute approximate surface area is 157 Å². The fourth-order valence-corrected chi connectivity index (χ4v) is 4.69. The van der Waals surface area contributed by atoms with Crippen LogP contribution in [-0.4, -0.2) is 58.6 Å². The lowest BCUT2D eigenvalue weighted by Gasteiger charge is -2.36. The summed E-state index contributed by atoms with van der Waals surface area (Å²) in [5.41, 5.74) is 1.15.